The predicted molar refractivity (Wildman–Crippen MR) is 196 cm³/mol. The molecule has 1 saturated carbocycles. The van der Waals surface area contributed by atoms with E-state index in [4.69, 9.17) is 9.97 Å². The molecule has 3 nitrogen and oxygen atoms in total. The zero-order chi connectivity index (χ0) is 31.9. The molecule has 0 atom stereocenters. The van der Waals surface area contributed by atoms with Crippen molar-refractivity contribution in [1.82, 2.24) is 15.0 Å². The topological polar surface area (TPSA) is 38.7 Å². The van der Waals surface area contributed by atoms with Crippen molar-refractivity contribution in [2.45, 2.75) is 37.5 Å². The van der Waals surface area contributed by atoms with Crippen molar-refractivity contribution in [3.8, 4) is 67.3 Å². The molecule has 48 heavy (non-hydrogen) atoms. The maximum absolute atomic E-state index is 5.07. The molecule has 0 unspecified atom stereocenters. The molecule has 230 valence electrons. The molecule has 5 aromatic carbocycles. The molecule has 0 aliphatic heterocycles. The van der Waals surface area contributed by atoms with Gasteiger partial charge in [-0.05, 0) is 75.5 Å². The van der Waals surface area contributed by atoms with Gasteiger partial charge in [-0.3, -0.25) is 4.98 Å². The highest BCUT2D eigenvalue weighted by molar-refractivity contribution is 5.84. The monoisotopic (exact) mass is 617 g/mol. The molecule has 2 aliphatic rings. The van der Waals surface area contributed by atoms with E-state index >= 15 is 0 Å². The van der Waals surface area contributed by atoms with E-state index in [2.05, 4.69) is 120 Å². The van der Waals surface area contributed by atoms with Crippen LogP contribution in [0.1, 0.15) is 43.2 Å². The number of nitrogens with zero attached hydrogens (tertiary/aromatic N) is 3. The van der Waals surface area contributed by atoms with Gasteiger partial charge in [0.15, 0.2) is 5.82 Å². The Hall–Kier alpha value is -5.67. The minimum absolute atomic E-state index is 0.154. The molecule has 7 aromatic rings. The Morgan fingerprint density at radius 3 is 1.69 bits per heavy atom. The van der Waals surface area contributed by atoms with Crippen LogP contribution in [0.5, 0.6) is 0 Å². The van der Waals surface area contributed by atoms with Crippen molar-refractivity contribution in [1.29, 1.82) is 0 Å². The minimum Gasteiger partial charge on any atom is -0.264 e. The summed E-state index contributed by atoms with van der Waals surface area (Å²) in [6.45, 7) is 0. The Morgan fingerprint density at radius 2 is 1.00 bits per heavy atom. The van der Waals surface area contributed by atoms with Crippen LogP contribution in [0.25, 0.3) is 67.3 Å². The van der Waals surface area contributed by atoms with E-state index in [0.29, 0.717) is 0 Å². The van der Waals surface area contributed by atoms with Crippen molar-refractivity contribution < 1.29 is 0 Å². The Labute approximate surface area is 282 Å². The van der Waals surface area contributed by atoms with Gasteiger partial charge in [0.25, 0.3) is 0 Å². The summed E-state index contributed by atoms with van der Waals surface area (Å²) in [5.74, 6) is 0.722. The largest absolute Gasteiger partial charge is 0.264 e. The first-order valence-electron chi connectivity index (χ1n) is 17.1. The van der Waals surface area contributed by atoms with Gasteiger partial charge >= 0.3 is 0 Å². The van der Waals surface area contributed by atoms with Gasteiger partial charge in [0, 0.05) is 34.5 Å². The number of pyridine rings is 1. The first kappa shape index (κ1) is 28.5. The van der Waals surface area contributed by atoms with Crippen molar-refractivity contribution >= 4 is 0 Å². The summed E-state index contributed by atoms with van der Waals surface area (Å²) in [6, 6.07) is 50.1. The van der Waals surface area contributed by atoms with Crippen molar-refractivity contribution in [3.05, 3.63) is 163 Å². The van der Waals surface area contributed by atoms with Gasteiger partial charge in [0.1, 0.15) is 0 Å². The summed E-state index contributed by atoms with van der Waals surface area (Å²) in [7, 11) is 0. The van der Waals surface area contributed by atoms with Gasteiger partial charge in [-0.15, -0.1) is 0 Å². The van der Waals surface area contributed by atoms with Gasteiger partial charge in [-0.2, -0.15) is 0 Å². The van der Waals surface area contributed by atoms with Crippen LogP contribution in [0, 0.1) is 0 Å². The van der Waals surface area contributed by atoms with Crippen LogP contribution < -0.4 is 0 Å². The summed E-state index contributed by atoms with van der Waals surface area (Å²) in [5, 5.41) is 0. The minimum atomic E-state index is 0.154. The Kier molecular flexibility index (Phi) is 7.04. The molecule has 2 aromatic heterocycles. The van der Waals surface area contributed by atoms with E-state index in [1.165, 1.54) is 65.5 Å². The lowest BCUT2D eigenvalue weighted by Crippen LogP contribution is -2.28. The lowest BCUT2D eigenvalue weighted by atomic mass is 9.67. The first-order chi connectivity index (χ1) is 23.7. The fourth-order valence-electron chi connectivity index (χ4n) is 7.99. The van der Waals surface area contributed by atoms with E-state index in [0.717, 1.165) is 45.0 Å². The summed E-state index contributed by atoms with van der Waals surface area (Å²) in [4.78, 5) is 14.4. The van der Waals surface area contributed by atoms with Crippen LogP contribution in [0.15, 0.2) is 152 Å². The zero-order valence-corrected chi connectivity index (χ0v) is 26.8. The zero-order valence-electron chi connectivity index (χ0n) is 26.8. The number of fused-ring (bicyclic) bond motifs is 5. The van der Waals surface area contributed by atoms with Crippen molar-refractivity contribution in [3.63, 3.8) is 0 Å². The quantitative estimate of drug-likeness (QED) is 0.193. The van der Waals surface area contributed by atoms with E-state index < -0.39 is 0 Å². The third-order valence-corrected chi connectivity index (χ3v) is 10.4. The SMILES string of the molecule is c1ccc(-c2nc(-c3ccc(-c4cccnc4)cc3)cc(-c3ccc(-c4ccc5c(c4)C4(CCCCC4)c4ccccc4-5)cc3)n2)cc1. The van der Waals surface area contributed by atoms with Crippen LogP contribution >= 0.6 is 0 Å². The van der Waals surface area contributed by atoms with Crippen LogP contribution in [-0.4, -0.2) is 15.0 Å². The normalized spacial score (nSPS) is 14.4. The molecule has 1 fully saturated rings. The highest BCUT2D eigenvalue weighted by atomic mass is 14.9. The van der Waals surface area contributed by atoms with Gasteiger partial charge < -0.3 is 0 Å². The summed E-state index contributed by atoms with van der Waals surface area (Å²) in [5.41, 5.74) is 15.7. The highest BCUT2D eigenvalue weighted by Crippen LogP contribution is 2.56. The molecule has 2 heterocycles. The van der Waals surface area contributed by atoms with Gasteiger partial charge in [-0.25, -0.2) is 9.97 Å². The molecule has 9 rings (SSSR count). The Morgan fingerprint density at radius 1 is 0.417 bits per heavy atom. The number of aromatic nitrogens is 3. The summed E-state index contributed by atoms with van der Waals surface area (Å²) in [6.07, 6.45) is 10.1. The van der Waals surface area contributed by atoms with Crippen molar-refractivity contribution in [2.24, 2.45) is 0 Å². The lowest BCUT2D eigenvalue weighted by molar-refractivity contribution is 0.353. The summed E-state index contributed by atoms with van der Waals surface area (Å²) < 4.78 is 0. The van der Waals surface area contributed by atoms with Crippen molar-refractivity contribution in [2.75, 3.05) is 0 Å². The molecular weight excluding hydrogens is 583 g/mol. The van der Waals surface area contributed by atoms with Crippen LogP contribution in [0.3, 0.4) is 0 Å². The predicted octanol–water partition coefficient (Wildman–Crippen LogP) is 11.4. The molecule has 0 amide bonds. The average molecular weight is 618 g/mol. The van der Waals surface area contributed by atoms with Gasteiger partial charge in [0.2, 0.25) is 0 Å². The molecule has 3 heteroatoms. The highest BCUT2D eigenvalue weighted by Gasteiger charge is 2.43. The third kappa shape index (κ3) is 4.94. The van der Waals surface area contributed by atoms with E-state index in [-0.39, 0.29) is 5.41 Å². The maximum Gasteiger partial charge on any atom is 0.160 e. The standard InChI is InChI=1S/C45H35N3/c1-3-10-35(11-4-1)44-47-42(29-43(48-44)34-21-17-32(18-22-34)37-12-9-27-46-30-37)33-19-15-31(16-20-33)36-23-24-39-38-13-5-6-14-40(38)45(41(39)28-36)25-7-2-8-26-45/h1,3-6,9-24,27-30H,2,7-8,25-26H2. The van der Waals surface area contributed by atoms with Crippen LogP contribution in [-0.2, 0) is 5.41 Å². The molecule has 0 bridgehead atoms. The smallest absolute Gasteiger partial charge is 0.160 e. The number of rotatable bonds is 5. The Balaban J connectivity index is 1.08. The molecular formula is C45H35N3. The van der Waals surface area contributed by atoms with Crippen LogP contribution in [0.2, 0.25) is 0 Å². The first-order valence-corrected chi connectivity index (χ1v) is 17.1. The molecule has 2 aliphatic carbocycles. The molecule has 0 N–H and O–H groups in total. The average Bonchev–Trinajstić information content (AvgIpc) is 3.43. The Bertz CT molecular complexity index is 2230. The van der Waals surface area contributed by atoms with E-state index in [1.54, 1.807) is 6.20 Å². The van der Waals surface area contributed by atoms with Gasteiger partial charge in [-0.1, -0.05) is 141 Å². The fourth-order valence-corrected chi connectivity index (χ4v) is 7.99. The van der Waals surface area contributed by atoms with Crippen LogP contribution in [0.4, 0.5) is 0 Å². The number of hydrogen-bond donors (Lipinski definition) is 0. The molecule has 0 radical (unpaired) electrons. The van der Waals surface area contributed by atoms with E-state index in [1.807, 2.05) is 30.5 Å². The fraction of sp³-hybridized carbons (Fsp3) is 0.133. The number of benzene rings is 5. The van der Waals surface area contributed by atoms with E-state index in [9.17, 15) is 0 Å². The molecule has 1 spiro atoms. The number of hydrogen-bond acceptors (Lipinski definition) is 3. The van der Waals surface area contributed by atoms with Gasteiger partial charge in [0.05, 0.1) is 11.4 Å². The summed E-state index contributed by atoms with van der Waals surface area (Å²) >= 11 is 0. The second-order valence-corrected chi connectivity index (χ2v) is 13.2. The maximum atomic E-state index is 5.07. The lowest BCUT2D eigenvalue weighted by Gasteiger charge is -2.36. The molecule has 0 saturated heterocycles. The third-order valence-electron chi connectivity index (χ3n) is 10.4. The second-order valence-electron chi connectivity index (χ2n) is 13.2. The second kappa shape index (κ2) is 11.8.